The molecule has 5 aromatic rings. The first-order valence-corrected chi connectivity index (χ1v) is 11.3. The van der Waals surface area contributed by atoms with Crippen molar-refractivity contribution in [3.63, 3.8) is 0 Å². The van der Waals surface area contributed by atoms with Crippen LogP contribution in [0.25, 0.3) is 22.6 Å². The van der Waals surface area contributed by atoms with Crippen LogP contribution in [0.15, 0.2) is 91.5 Å². The summed E-state index contributed by atoms with van der Waals surface area (Å²) >= 11 is 0. The number of ether oxygens (including phenoxy) is 2. The highest BCUT2D eigenvalue weighted by Gasteiger charge is 2.20. The Morgan fingerprint density at radius 3 is 2.50 bits per heavy atom. The summed E-state index contributed by atoms with van der Waals surface area (Å²) in [6, 6.07) is 20.7. The average Bonchev–Trinajstić information content (AvgIpc) is 3.63. The van der Waals surface area contributed by atoms with Crippen LogP contribution < -0.4 is 14.8 Å². The third kappa shape index (κ3) is 4.67. The summed E-state index contributed by atoms with van der Waals surface area (Å²) in [6.07, 6.45) is 7.04. The fourth-order valence-corrected chi connectivity index (χ4v) is 3.84. The second-order valence-electron chi connectivity index (χ2n) is 7.90. The number of benzene rings is 2. The van der Waals surface area contributed by atoms with Crippen molar-refractivity contribution in [1.29, 1.82) is 0 Å². The van der Waals surface area contributed by atoms with Gasteiger partial charge in [0.05, 0.1) is 19.9 Å². The minimum atomic E-state index is -0.299. The molecule has 5 rings (SSSR count). The van der Waals surface area contributed by atoms with Crippen molar-refractivity contribution >= 4 is 5.91 Å². The molecule has 9 heteroatoms. The first-order valence-electron chi connectivity index (χ1n) is 11.3. The lowest BCUT2D eigenvalue weighted by molar-refractivity contribution is 0.0946. The van der Waals surface area contributed by atoms with E-state index in [0.717, 1.165) is 16.8 Å². The van der Waals surface area contributed by atoms with Gasteiger partial charge in [-0.2, -0.15) is 10.2 Å². The van der Waals surface area contributed by atoms with E-state index in [1.807, 2.05) is 79.1 Å². The van der Waals surface area contributed by atoms with Gasteiger partial charge in [-0.05, 0) is 53.6 Å². The summed E-state index contributed by atoms with van der Waals surface area (Å²) in [5, 5.41) is 11.8. The number of hydrogen-bond donors (Lipinski definition) is 1. The molecule has 0 aliphatic rings. The topological polar surface area (TPSA) is 96.1 Å². The maximum Gasteiger partial charge on any atom is 0.272 e. The maximum atomic E-state index is 13.4. The van der Waals surface area contributed by atoms with E-state index in [1.54, 1.807) is 36.0 Å². The molecular formula is C27H24N6O3. The number of rotatable bonds is 8. The van der Waals surface area contributed by atoms with Gasteiger partial charge in [0.15, 0.2) is 23.0 Å². The molecule has 0 aliphatic carbocycles. The minimum Gasteiger partial charge on any atom is -0.493 e. The molecule has 1 N–H and O–H groups in total. The van der Waals surface area contributed by atoms with Crippen molar-refractivity contribution in [3.05, 3.63) is 103 Å². The molecule has 1 amide bonds. The smallest absolute Gasteiger partial charge is 0.272 e. The van der Waals surface area contributed by atoms with Crippen LogP contribution in [0.4, 0.5) is 0 Å². The van der Waals surface area contributed by atoms with E-state index in [4.69, 9.17) is 9.47 Å². The molecule has 0 saturated heterocycles. The molecule has 9 nitrogen and oxygen atoms in total. The molecule has 0 bridgehead atoms. The van der Waals surface area contributed by atoms with Crippen LogP contribution in [0.2, 0.25) is 0 Å². The second kappa shape index (κ2) is 10.1. The van der Waals surface area contributed by atoms with Crippen molar-refractivity contribution in [2.24, 2.45) is 0 Å². The number of methoxy groups -OCH3 is 2. The fraction of sp³-hybridized carbons (Fsp3) is 0.111. The Kier molecular flexibility index (Phi) is 6.44. The zero-order valence-corrected chi connectivity index (χ0v) is 19.8. The standard InChI is InChI=1S/C27H24N6O3/c1-35-23-10-9-20(16-24(23)36-2)22-18-33(21-7-4-3-5-8-21)31-26(22)27(34)29-17-19-11-13-28-25(15-19)32-14-6-12-30-32/h3-16,18H,17H2,1-2H3,(H,29,34). The highest BCUT2D eigenvalue weighted by Crippen LogP contribution is 2.34. The van der Waals surface area contributed by atoms with Crippen LogP contribution in [0, 0.1) is 0 Å². The van der Waals surface area contributed by atoms with Crippen LogP contribution in [-0.2, 0) is 6.54 Å². The van der Waals surface area contributed by atoms with Crippen molar-refractivity contribution in [1.82, 2.24) is 29.9 Å². The van der Waals surface area contributed by atoms with E-state index in [-0.39, 0.29) is 5.91 Å². The molecule has 0 atom stereocenters. The molecular weight excluding hydrogens is 456 g/mol. The molecule has 0 radical (unpaired) electrons. The van der Waals surface area contributed by atoms with Gasteiger partial charge in [-0.15, -0.1) is 0 Å². The molecule has 0 unspecified atom stereocenters. The lowest BCUT2D eigenvalue weighted by Gasteiger charge is -2.10. The van der Waals surface area contributed by atoms with Crippen LogP contribution in [0.1, 0.15) is 16.1 Å². The van der Waals surface area contributed by atoms with E-state index < -0.39 is 0 Å². The van der Waals surface area contributed by atoms with Crippen LogP contribution >= 0.6 is 0 Å². The fourth-order valence-electron chi connectivity index (χ4n) is 3.84. The number of nitrogens with one attached hydrogen (secondary N) is 1. The van der Waals surface area contributed by atoms with Gasteiger partial charge in [0, 0.05) is 36.9 Å². The Labute approximate surface area is 207 Å². The van der Waals surface area contributed by atoms with Crippen LogP contribution in [0.5, 0.6) is 11.5 Å². The molecule has 0 saturated carbocycles. The molecule has 0 aliphatic heterocycles. The minimum absolute atomic E-state index is 0.299. The number of aromatic nitrogens is 5. The Hall–Kier alpha value is -4.92. The van der Waals surface area contributed by atoms with Gasteiger partial charge in [-0.1, -0.05) is 24.3 Å². The average molecular weight is 481 g/mol. The van der Waals surface area contributed by atoms with Gasteiger partial charge in [0.1, 0.15) is 0 Å². The predicted octanol–water partition coefficient (Wildman–Crippen LogP) is 4.07. The molecule has 2 aromatic carbocycles. The third-order valence-electron chi connectivity index (χ3n) is 5.65. The monoisotopic (exact) mass is 480 g/mol. The number of pyridine rings is 1. The maximum absolute atomic E-state index is 13.4. The number of nitrogens with zero attached hydrogens (tertiary/aromatic N) is 5. The Morgan fingerprint density at radius 2 is 1.75 bits per heavy atom. The SMILES string of the molecule is COc1ccc(-c2cn(-c3ccccc3)nc2C(=O)NCc2ccnc(-n3cccn3)c2)cc1OC. The zero-order valence-electron chi connectivity index (χ0n) is 19.8. The number of carbonyl (C=O) groups excluding carboxylic acids is 1. The van der Waals surface area contributed by atoms with Crippen molar-refractivity contribution in [2.45, 2.75) is 6.54 Å². The molecule has 0 spiro atoms. The number of hydrogen-bond acceptors (Lipinski definition) is 6. The highest BCUT2D eigenvalue weighted by atomic mass is 16.5. The van der Waals surface area contributed by atoms with Gasteiger partial charge in [0.25, 0.3) is 5.91 Å². The zero-order chi connectivity index (χ0) is 24.9. The van der Waals surface area contributed by atoms with Crippen molar-refractivity contribution in [3.8, 4) is 34.1 Å². The van der Waals surface area contributed by atoms with E-state index in [9.17, 15) is 4.79 Å². The van der Waals surface area contributed by atoms with Gasteiger partial charge in [-0.25, -0.2) is 14.3 Å². The van der Waals surface area contributed by atoms with Gasteiger partial charge in [-0.3, -0.25) is 4.79 Å². The predicted molar refractivity (Wildman–Crippen MR) is 135 cm³/mol. The Morgan fingerprint density at radius 1 is 0.917 bits per heavy atom. The summed E-state index contributed by atoms with van der Waals surface area (Å²) in [5.41, 5.74) is 3.48. The Bertz CT molecular complexity index is 1480. The first-order chi connectivity index (χ1) is 17.7. The van der Waals surface area contributed by atoms with Gasteiger partial charge >= 0.3 is 0 Å². The number of amides is 1. The lowest BCUT2D eigenvalue weighted by atomic mass is 10.1. The molecule has 180 valence electrons. The molecule has 3 aromatic heterocycles. The quantitative estimate of drug-likeness (QED) is 0.360. The van der Waals surface area contributed by atoms with E-state index in [0.29, 0.717) is 35.1 Å². The lowest BCUT2D eigenvalue weighted by Crippen LogP contribution is -2.24. The summed E-state index contributed by atoms with van der Waals surface area (Å²) < 4.78 is 14.2. The van der Waals surface area contributed by atoms with E-state index in [2.05, 4.69) is 20.5 Å². The van der Waals surface area contributed by atoms with Gasteiger partial charge in [0.2, 0.25) is 0 Å². The van der Waals surface area contributed by atoms with E-state index >= 15 is 0 Å². The Balaban J connectivity index is 1.46. The normalized spacial score (nSPS) is 10.7. The largest absolute Gasteiger partial charge is 0.493 e. The number of carbonyl (C=O) groups is 1. The summed E-state index contributed by atoms with van der Waals surface area (Å²) in [7, 11) is 3.16. The molecule has 36 heavy (non-hydrogen) atoms. The summed E-state index contributed by atoms with van der Waals surface area (Å²) in [6.45, 7) is 0.305. The highest BCUT2D eigenvalue weighted by molar-refractivity contribution is 5.99. The summed E-state index contributed by atoms with van der Waals surface area (Å²) in [5.74, 6) is 1.54. The van der Waals surface area contributed by atoms with Gasteiger partial charge < -0.3 is 14.8 Å². The van der Waals surface area contributed by atoms with Crippen LogP contribution in [-0.4, -0.2) is 44.7 Å². The van der Waals surface area contributed by atoms with Crippen LogP contribution in [0.3, 0.4) is 0 Å². The molecule has 3 heterocycles. The van der Waals surface area contributed by atoms with Crippen molar-refractivity contribution in [2.75, 3.05) is 14.2 Å². The molecule has 0 fully saturated rings. The first kappa shape index (κ1) is 22.9. The van der Waals surface area contributed by atoms with Crippen molar-refractivity contribution < 1.29 is 14.3 Å². The second-order valence-corrected chi connectivity index (χ2v) is 7.90. The van der Waals surface area contributed by atoms with E-state index in [1.165, 1.54) is 0 Å². The summed E-state index contributed by atoms with van der Waals surface area (Å²) in [4.78, 5) is 17.7. The third-order valence-corrected chi connectivity index (χ3v) is 5.65. The number of para-hydroxylation sites is 1.